The molecule has 3 aliphatic rings. The molecule has 1 aromatic carbocycles. The summed E-state index contributed by atoms with van der Waals surface area (Å²) in [7, 11) is 0. The number of hydrogen-bond acceptors (Lipinski definition) is 4. The zero-order valence-corrected chi connectivity index (χ0v) is 15.3. The van der Waals surface area contributed by atoms with E-state index in [-0.39, 0.29) is 6.10 Å². The van der Waals surface area contributed by atoms with Crippen molar-refractivity contribution in [2.24, 2.45) is 5.92 Å². The van der Waals surface area contributed by atoms with E-state index in [1.807, 2.05) is 0 Å². The SMILES string of the molecule is OC1CCN(C2CCN(CC3CCOc4ccccc4C3)CC2)CC1. The van der Waals surface area contributed by atoms with Gasteiger partial charge in [-0.3, -0.25) is 0 Å². The van der Waals surface area contributed by atoms with E-state index in [1.54, 1.807) is 0 Å². The summed E-state index contributed by atoms with van der Waals surface area (Å²) in [5.41, 5.74) is 1.38. The molecule has 138 valence electrons. The molecule has 2 saturated heterocycles. The Labute approximate surface area is 151 Å². The minimum absolute atomic E-state index is 0.0586. The first-order valence-electron chi connectivity index (χ1n) is 10.1. The molecule has 4 rings (SSSR count). The number of aliphatic hydroxyl groups is 1. The van der Waals surface area contributed by atoms with Gasteiger partial charge in [0.1, 0.15) is 5.75 Å². The van der Waals surface area contributed by atoms with Gasteiger partial charge in [0, 0.05) is 25.7 Å². The van der Waals surface area contributed by atoms with Crippen molar-refractivity contribution < 1.29 is 9.84 Å². The molecule has 4 heteroatoms. The number of nitrogens with zero attached hydrogens (tertiary/aromatic N) is 2. The van der Waals surface area contributed by atoms with E-state index in [0.717, 1.165) is 50.8 Å². The lowest BCUT2D eigenvalue weighted by atomic mass is 9.94. The molecule has 1 unspecified atom stereocenters. The van der Waals surface area contributed by atoms with Gasteiger partial charge in [0.25, 0.3) is 0 Å². The van der Waals surface area contributed by atoms with Gasteiger partial charge in [0.15, 0.2) is 0 Å². The topological polar surface area (TPSA) is 35.9 Å². The zero-order chi connectivity index (χ0) is 17.1. The Kier molecular flexibility index (Phi) is 5.59. The maximum Gasteiger partial charge on any atom is 0.122 e. The van der Waals surface area contributed by atoms with E-state index in [4.69, 9.17) is 4.74 Å². The van der Waals surface area contributed by atoms with Crippen molar-refractivity contribution in [3.8, 4) is 5.75 Å². The molecule has 0 aliphatic carbocycles. The van der Waals surface area contributed by atoms with E-state index in [0.29, 0.717) is 5.92 Å². The Morgan fingerprint density at radius 1 is 0.960 bits per heavy atom. The van der Waals surface area contributed by atoms with Gasteiger partial charge >= 0.3 is 0 Å². The molecule has 1 atom stereocenters. The Bertz CT molecular complexity index is 549. The zero-order valence-electron chi connectivity index (χ0n) is 15.3. The number of benzene rings is 1. The van der Waals surface area contributed by atoms with Crippen molar-refractivity contribution in [2.45, 2.75) is 50.7 Å². The van der Waals surface area contributed by atoms with E-state index in [9.17, 15) is 5.11 Å². The van der Waals surface area contributed by atoms with Gasteiger partial charge in [0.05, 0.1) is 12.7 Å². The van der Waals surface area contributed by atoms with Gasteiger partial charge in [-0.05, 0) is 69.2 Å². The van der Waals surface area contributed by atoms with Gasteiger partial charge in [0.2, 0.25) is 0 Å². The Hall–Kier alpha value is -1.10. The average Bonchev–Trinajstić information content (AvgIpc) is 2.85. The number of hydrogen-bond donors (Lipinski definition) is 1. The Morgan fingerprint density at radius 2 is 1.72 bits per heavy atom. The highest BCUT2D eigenvalue weighted by atomic mass is 16.5. The van der Waals surface area contributed by atoms with Crippen LogP contribution in [0.2, 0.25) is 0 Å². The van der Waals surface area contributed by atoms with Crippen LogP contribution in [0.25, 0.3) is 0 Å². The van der Waals surface area contributed by atoms with Crippen molar-refractivity contribution in [1.29, 1.82) is 0 Å². The van der Waals surface area contributed by atoms with Crippen molar-refractivity contribution in [3.05, 3.63) is 29.8 Å². The molecule has 0 aromatic heterocycles. The molecule has 0 saturated carbocycles. The molecule has 3 heterocycles. The van der Waals surface area contributed by atoms with E-state index < -0.39 is 0 Å². The quantitative estimate of drug-likeness (QED) is 0.914. The maximum absolute atomic E-state index is 9.70. The summed E-state index contributed by atoms with van der Waals surface area (Å²) in [6, 6.07) is 9.28. The molecular weight excluding hydrogens is 312 g/mol. The summed E-state index contributed by atoms with van der Waals surface area (Å²) >= 11 is 0. The number of likely N-dealkylation sites (tertiary alicyclic amines) is 2. The highest BCUT2D eigenvalue weighted by molar-refractivity contribution is 5.34. The number of aliphatic hydroxyl groups excluding tert-OH is 1. The van der Waals surface area contributed by atoms with Crippen LogP contribution in [0, 0.1) is 5.92 Å². The molecule has 4 nitrogen and oxygen atoms in total. The van der Waals surface area contributed by atoms with Crippen LogP contribution in [0.1, 0.15) is 37.7 Å². The predicted octanol–water partition coefficient (Wildman–Crippen LogP) is 2.55. The summed E-state index contributed by atoms with van der Waals surface area (Å²) in [5.74, 6) is 1.81. The third-order valence-electron chi connectivity index (χ3n) is 6.35. The third-order valence-corrected chi connectivity index (χ3v) is 6.35. The molecule has 0 radical (unpaired) electrons. The van der Waals surface area contributed by atoms with Crippen LogP contribution in [-0.4, -0.2) is 66.4 Å². The standard InChI is InChI=1S/C21H32N2O2/c24-20-7-12-23(13-8-20)19-5-10-22(11-6-19)16-17-9-14-25-21-4-2-1-3-18(21)15-17/h1-4,17,19-20,24H,5-16H2. The van der Waals surface area contributed by atoms with Crippen LogP contribution in [0.15, 0.2) is 24.3 Å². The van der Waals surface area contributed by atoms with Crippen LogP contribution in [0.4, 0.5) is 0 Å². The number of rotatable bonds is 3. The molecule has 0 amide bonds. The molecule has 25 heavy (non-hydrogen) atoms. The van der Waals surface area contributed by atoms with Crippen molar-refractivity contribution in [2.75, 3.05) is 39.3 Å². The summed E-state index contributed by atoms with van der Waals surface area (Å²) in [4.78, 5) is 5.30. The monoisotopic (exact) mass is 344 g/mol. The second-order valence-corrected chi connectivity index (χ2v) is 8.11. The Morgan fingerprint density at radius 3 is 2.52 bits per heavy atom. The first-order valence-corrected chi connectivity index (χ1v) is 10.1. The fraction of sp³-hybridized carbons (Fsp3) is 0.714. The van der Waals surface area contributed by atoms with Gasteiger partial charge < -0.3 is 19.6 Å². The Balaban J connectivity index is 1.26. The number of fused-ring (bicyclic) bond motifs is 1. The maximum atomic E-state index is 9.70. The lowest BCUT2D eigenvalue weighted by molar-refractivity contribution is 0.0360. The minimum Gasteiger partial charge on any atom is -0.493 e. The van der Waals surface area contributed by atoms with Gasteiger partial charge in [-0.25, -0.2) is 0 Å². The summed E-state index contributed by atoms with van der Waals surface area (Å²) < 4.78 is 5.93. The molecule has 1 N–H and O–H groups in total. The van der Waals surface area contributed by atoms with E-state index in [1.165, 1.54) is 44.5 Å². The fourth-order valence-electron chi connectivity index (χ4n) is 4.80. The normalized spacial score (nSPS) is 27.5. The largest absolute Gasteiger partial charge is 0.493 e. The first kappa shape index (κ1) is 17.3. The van der Waals surface area contributed by atoms with E-state index in [2.05, 4.69) is 34.1 Å². The van der Waals surface area contributed by atoms with Crippen molar-refractivity contribution in [3.63, 3.8) is 0 Å². The van der Waals surface area contributed by atoms with Crippen LogP contribution in [0.3, 0.4) is 0 Å². The molecule has 2 fully saturated rings. The summed E-state index contributed by atoms with van der Waals surface area (Å²) in [5, 5.41) is 9.70. The minimum atomic E-state index is -0.0586. The van der Waals surface area contributed by atoms with Crippen molar-refractivity contribution in [1.82, 2.24) is 9.80 Å². The number of ether oxygens (including phenoxy) is 1. The number of piperidine rings is 2. The number of para-hydroxylation sites is 1. The molecule has 0 bridgehead atoms. The first-order chi connectivity index (χ1) is 12.3. The van der Waals surface area contributed by atoms with Crippen molar-refractivity contribution >= 4 is 0 Å². The summed E-state index contributed by atoms with van der Waals surface area (Å²) in [6.45, 7) is 6.69. The lowest BCUT2D eigenvalue weighted by Crippen LogP contribution is -2.49. The van der Waals surface area contributed by atoms with Crippen LogP contribution in [-0.2, 0) is 6.42 Å². The second-order valence-electron chi connectivity index (χ2n) is 8.11. The molecule has 0 spiro atoms. The predicted molar refractivity (Wildman–Crippen MR) is 100 cm³/mol. The molecule has 3 aliphatic heterocycles. The van der Waals surface area contributed by atoms with Crippen LogP contribution in [0.5, 0.6) is 5.75 Å². The molecule has 1 aromatic rings. The van der Waals surface area contributed by atoms with Gasteiger partial charge in [-0.1, -0.05) is 18.2 Å². The van der Waals surface area contributed by atoms with E-state index >= 15 is 0 Å². The third kappa shape index (κ3) is 4.36. The smallest absolute Gasteiger partial charge is 0.122 e. The highest BCUT2D eigenvalue weighted by Crippen LogP contribution is 2.28. The summed E-state index contributed by atoms with van der Waals surface area (Å²) in [6.07, 6.45) is 6.75. The van der Waals surface area contributed by atoms with Crippen LogP contribution >= 0.6 is 0 Å². The average molecular weight is 344 g/mol. The lowest BCUT2D eigenvalue weighted by Gasteiger charge is -2.41. The fourth-order valence-corrected chi connectivity index (χ4v) is 4.80. The molecular formula is C21H32N2O2. The highest BCUT2D eigenvalue weighted by Gasteiger charge is 2.29. The second kappa shape index (κ2) is 8.07. The van der Waals surface area contributed by atoms with Gasteiger partial charge in [-0.15, -0.1) is 0 Å². The van der Waals surface area contributed by atoms with Gasteiger partial charge in [-0.2, -0.15) is 0 Å². The van der Waals surface area contributed by atoms with Crippen LogP contribution < -0.4 is 4.74 Å².